The van der Waals surface area contributed by atoms with E-state index < -0.39 is 0 Å². The molecule has 200 valence electrons. The Morgan fingerprint density at radius 1 is 1.15 bits per heavy atom. The maximum absolute atomic E-state index is 12.9. The molecule has 4 aromatic rings. The molecular formula is C28H29N7O4. The quantitative estimate of drug-likeness (QED) is 0.332. The summed E-state index contributed by atoms with van der Waals surface area (Å²) in [5.41, 5.74) is 8.82. The Morgan fingerprint density at radius 3 is 2.74 bits per heavy atom. The number of hydrogen-bond acceptors (Lipinski definition) is 8. The van der Waals surface area contributed by atoms with Gasteiger partial charge >= 0.3 is 0 Å². The highest BCUT2D eigenvalue weighted by atomic mass is 16.5. The number of amides is 2. The van der Waals surface area contributed by atoms with Crippen molar-refractivity contribution in [3.05, 3.63) is 78.5 Å². The average Bonchev–Trinajstić information content (AvgIpc) is 3.59. The van der Waals surface area contributed by atoms with Crippen LogP contribution in [0.2, 0.25) is 0 Å². The predicted octanol–water partition coefficient (Wildman–Crippen LogP) is 3.50. The summed E-state index contributed by atoms with van der Waals surface area (Å²) in [4.78, 5) is 40.9. The Labute approximate surface area is 225 Å². The largest absolute Gasteiger partial charge is 0.497 e. The zero-order valence-corrected chi connectivity index (χ0v) is 21.7. The number of rotatable bonds is 8. The van der Waals surface area contributed by atoms with E-state index in [1.54, 1.807) is 63.0 Å². The van der Waals surface area contributed by atoms with Crippen LogP contribution in [0.5, 0.6) is 5.75 Å². The molecule has 1 aliphatic rings. The lowest BCUT2D eigenvalue weighted by atomic mass is 10.1. The van der Waals surface area contributed by atoms with Gasteiger partial charge in [0, 0.05) is 55.5 Å². The van der Waals surface area contributed by atoms with Crippen molar-refractivity contribution >= 4 is 29.0 Å². The second kappa shape index (κ2) is 11.3. The Kier molecular flexibility index (Phi) is 7.50. The van der Waals surface area contributed by atoms with Crippen molar-refractivity contribution in [2.24, 2.45) is 0 Å². The number of fused-ring (bicyclic) bond motifs is 1. The van der Waals surface area contributed by atoms with Crippen molar-refractivity contribution in [3.63, 3.8) is 0 Å². The van der Waals surface area contributed by atoms with Gasteiger partial charge in [0.2, 0.25) is 5.91 Å². The van der Waals surface area contributed by atoms with Gasteiger partial charge in [-0.05, 0) is 31.0 Å². The van der Waals surface area contributed by atoms with Crippen LogP contribution in [0.15, 0.2) is 67.1 Å². The molecule has 39 heavy (non-hydrogen) atoms. The fourth-order valence-electron chi connectivity index (χ4n) is 4.74. The number of nitrogens with two attached hydrogens (primary N) is 1. The van der Waals surface area contributed by atoms with Crippen LogP contribution in [0.4, 0.5) is 11.6 Å². The molecule has 1 aliphatic heterocycles. The maximum atomic E-state index is 12.9. The first-order valence-corrected chi connectivity index (χ1v) is 12.5. The molecule has 0 aliphatic carbocycles. The molecule has 1 saturated heterocycles. The van der Waals surface area contributed by atoms with Crippen LogP contribution < -0.4 is 15.8 Å². The Hall–Kier alpha value is -4.77. The predicted molar refractivity (Wildman–Crippen MR) is 146 cm³/mol. The summed E-state index contributed by atoms with van der Waals surface area (Å²) in [5.74, 6) is 1.63. The number of hydrogen-bond donors (Lipinski definition) is 2. The number of likely N-dealkylation sites (tertiary alicyclic amines) is 1. The van der Waals surface area contributed by atoms with E-state index in [9.17, 15) is 9.59 Å². The molecule has 5 rings (SSSR count). The highest BCUT2D eigenvalue weighted by Gasteiger charge is 2.33. The summed E-state index contributed by atoms with van der Waals surface area (Å²) in [6.07, 6.45) is 9.88. The Balaban J connectivity index is 1.45. The van der Waals surface area contributed by atoms with Crippen molar-refractivity contribution < 1.29 is 19.1 Å². The number of nitrogen functional groups attached to an aromatic ring is 1. The van der Waals surface area contributed by atoms with Gasteiger partial charge in [-0.15, -0.1) is 0 Å². The van der Waals surface area contributed by atoms with Crippen LogP contribution in [0.25, 0.3) is 16.8 Å². The van der Waals surface area contributed by atoms with Crippen LogP contribution in [0.1, 0.15) is 35.1 Å². The number of anilines is 2. The van der Waals surface area contributed by atoms with E-state index in [0.29, 0.717) is 53.1 Å². The molecule has 2 amide bonds. The number of methoxy groups -OCH3 is 2. The first-order valence-electron chi connectivity index (χ1n) is 12.5. The van der Waals surface area contributed by atoms with Crippen molar-refractivity contribution in [2.45, 2.75) is 18.9 Å². The topological polar surface area (TPSA) is 137 Å². The van der Waals surface area contributed by atoms with Gasteiger partial charge in [0.05, 0.1) is 19.8 Å². The molecule has 1 aromatic carbocycles. The normalized spacial score (nSPS) is 15.2. The monoisotopic (exact) mass is 527 g/mol. The van der Waals surface area contributed by atoms with Crippen molar-refractivity contribution in [1.82, 2.24) is 24.3 Å². The summed E-state index contributed by atoms with van der Waals surface area (Å²) in [7, 11) is 3.14. The highest BCUT2D eigenvalue weighted by Crippen LogP contribution is 2.36. The number of imidazole rings is 1. The Bertz CT molecular complexity index is 1530. The fourth-order valence-corrected chi connectivity index (χ4v) is 4.74. The van der Waals surface area contributed by atoms with E-state index in [0.717, 1.165) is 18.4 Å². The molecule has 4 heterocycles. The van der Waals surface area contributed by atoms with Gasteiger partial charge in [0.25, 0.3) is 5.91 Å². The minimum Gasteiger partial charge on any atom is -0.497 e. The standard InChI is InChI=1S/C28H29N7O4/c1-38-16-4-6-23(36)34-14-3-5-21(34)27-33-24(25-26(29)31-13-15-35(25)27)18-7-9-19(10-8-18)28(37)32-22-17-20(39-2)11-12-30-22/h4,6-13,15,17,21H,3,5,14,16H2,1-2H3,(H2,29,31)(H,30,32,37)/b6-4+/t21-/m0/s1. The number of ether oxygens (including phenoxy) is 2. The lowest BCUT2D eigenvalue weighted by Gasteiger charge is -2.22. The van der Waals surface area contributed by atoms with E-state index in [1.807, 2.05) is 27.6 Å². The van der Waals surface area contributed by atoms with Gasteiger partial charge in [0.1, 0.15) is 34.4 Å². The molecule has 0 spiro atoms. The van der Waals surface area contributed by atoms with Gasteiger partial charge in [-0.3, -0.25) is 14.0 Å². The van der Waals surface area contributed by atoms with Crippen molar-refractivity contribution in [1.29, 1.82) is 0 Å². The first kappa shape index (κ1) is 25.9. The summed E-state index contributed by atoms with van der Waals surface area (Å²) < 4.78 is 12.1. The SMILES string of the molecule is COC/C=C/C(=O)N1CCC[C@H]1c1nc(-c2ccc(C(=O)Nc3cc(OC)ccn3)cc2)c2c(N)nccn12. The van der Waals surface area contributed by atoms with Crippen molar-refractivity contribution in [3.8, 4) is 17.0 Å². The molecule has 11 nitrogen and oxygen atoms in total. The van der Waals surface area contributed by atoms with Gasteiger partial charge in [-0.2, -0.15) is 0 Å². The molecule has 1 fully saturated rings. The summed E-state index contributed by atoms with van der Waals surface area (Å²) in [6, 6.07) is 10.2. The zero-order valence-electron chi connectivity index (χ0n) is 21.7. The first-order chi connectivity index (χ1) is 19.0. The summed E-state index contributed by atoms with van der Waals surface area (Å²) in [6.45, 7) is 1.00. The number of pyridine rings is 1. The van der Waals surface area contributed by atoms with Gasteiger partial charge < -0.3 is 25.4 Å². The number of benzene rings is 1. The summed E-state index contributed by atoms with van der Waals surface area (Å²) >= 11 is 0. The number of carbonyl (C=O) groups is 2. The maximum Gasteiger partial charge on any atom is 0.256 e. The molecule has 0 bridgehead atoms. The molecule has 0 radical (unpaired) electrons. The molecule has 0 unspecified atom stereocenters. The molecule has 0 saturated carbocycles. The highest BCUT2D eigenvalue weighted by molar-refractivity contribution is 6.04. The second-order valence-corrected chi connectivity index (χ2v) is 9.01. The third-order valence-corrected chi connectivity index (χ3v) is 6.60. The van der Waals surface area contributed by atoms with E-state index >= 15 is 0 Å². The minimum atomic E-state index is -0.305. The lowest BCUT2D eigenvalue weighted by Crippen LogP contribution is -2.30. The minimum absolute atomic E-state index is 0.0873. The summed E-state index contributed by atoms with van der Waals surface area (Å²) in [5, 5.41) is 2.78. The number of nitrogens with zero attached hydrogens (tertiary/aromatic N) is 5. The van der Waals surface area contributed by atoms with Crippen LogP contribution in [0, 0.1) is 0 Å². The molecule has 1 atom stereocenters. The molecule has 3 aromatic heterocycles. The average molecular weight is 528 g/mol. The van der Waals surface area contributed by atoms with Crippen LogP contribution in [-0.4, -0.2) is 63.4 Å². The lowest BCUT2D eigenvalue weighted by molar-refractivity contribution is -0.127. The van der Waals surface area contributed by atoms with E-state index in [1.165, 1.54) is 0 Å². The zero-order chi connectivity index (χ0) is 27.4. The number of aromatic nitrogens is 4. The third kappa shape index (κ3) is 5.30. The van der Waals surface area contributed by atoms with E-state index in [4.69, 9.17) is 20.2 Å². The Morgan fingerprint density at radius 2 is 1.97 bits per heavy atom. The van der Waals surface area contributed by atoms with Gasteiger partial charge in [-0.1, -0.05) is 18.2 Å². The number of carbonyl (C=O) groups excluding carboxylic acids is 2. The fraction of sp³-hybridized carbons (Fsp3) is 0.250. The van der Waals surface area contributed by atoms with Gasteiger partial charge in [-0.25, -0.2) is 15.0 Å². The van der Waals surface area contributed by atoms with Crippen LogP contribution in [0.3, 0.4) is 0 Å². The molecule has 11 heteroatoms. The second-order valence-electron chi connectivity index (χ2n) is 9.01. The molecule has 3 N–H and O–H groups in total. The van der Waals surface area contributed by atoms with E-state index in [-0.39, 0.29) is 17.9 Å². The smallest absolute Gasteiger partial charge is 0.256 e. The van der Waals surface area contributed by atoms with Crippen LogP contribution in [-0.2, 0) is 9.53 Å². The van der Waals surface area contributed by atoms with E-state index in [2.05, 4.69) is 15.3 Å². The third-order valence-electron chi connectivity index (χ3n) is 6.60. The molecular weight excluding hydrogens is 498 g/mol. The van der Waals surface area contributed by atoms with Crippen molar-refractivity contribution in [2.75, 3.05) is 38.4 Å². The number of nitrogens with one attached hydrogen (secondary N) is 1. The van der Waals surface area contributed by atoms with Crippen LogP contribution >= 0.6 is 0 Å². The van der Waals surface area contributed by atoms with Gasteiger partial charge in [0.15, 0.2) is 0 Å².